The average Bonchev–Trinajstić information content (AvgIpc) is 2.75. The summed E-state index contributed by atoms with van der Waals surface area (Å²) in [4.78, 5) is 16.5. The molecule has 1 heterocycles. The lowest BCUT2D eigenvalue weighted by molar-refractivity contribution is -0.114. The Balaban J connectivity index is 2.11. The van der Waals surface area contributed by atoms with E-state index in [1.807, 2.05) is 37.6 Å². The number of nitrogens with zero attached hydrogens (tertiary/aromatic N) is 1. The second-order valence-corrected chi connectivity index (χ2v) is 5.36. The van der Waals surface area contributed by atoms with Crippen molar-refractivity contribution in [3.8, 4) is 0 Å². The quantitative estimate of drug-likeness (QED) is 0.900. The molecule has 0 unspecified atom stereocenters. The van der Waals surface area contributed by atoms with Crippen LogP contribution in [-0.2, 0) is 11.3 Å². The van der Waals surface area contributed by atoms with Crippen molar-refractivity contribution in [1.29, 1.82) is 0 Å². The van der Waals surface area contributed by atoms with Crippen molar-refractivity contribution in [2.75, 3.05) is 10.6 Å². The van der Waals surface area contributed by atoms with Gasteiger partial charge in [0.2, 0.25) is 5.91 Å². The second kappa shape index (κ2) is 5.84. The van der Waals surface area contributed by atoms with Crippen molar-refractivity contribution < 1.29 is 4.79 Å². The van der Waals surface area contributed by atoms with Gasteiger partial charge in [-0.05, 0) is 31.5 Å². The molecule has 1 aromatic heterocycles. The summed E-state index contributed by atoms with van der Waals surface area (Å²) in [5, 5.41) is 6.18. The first-order valence-electron chi connectivity index (χ1n) is 6.07. The van der Waals surface area contributed by atoms with E-state index in [0.717, 1.165) is 29.2 Å². The second-order valence-electron chi connectivity index (χ2n) is 4.43. The Labute approximate surface area is 116 Å². The Bertz CT molecular complexity index is 592. The van der Waals surface area contributed by atoms with E-state index in [9.17, 15) is 4.79 Å². The van der Waals surface area contributed by atoms with Crippen LogP contribution in [0.15, 0.2) is 23.7 Å². The Kier molecular flexibility index (Phi) is 4.16. The summed E-state index contributed by atoms with van der Waals surface area (Å²) in [7, 11) is 0. The van der Waals surface area contributed by atoms with E-state index in [0.29, 0.717) is 0 Å². The number of aromatic nitrogens is 1. The number of anilines is 2. The monoisotopic (exact) mass is 275 g/mol. The molecule has 2 rings (SSSR count). The molecule has 0 aliphatic rings. The first kappa shape index (κ1) is 13.5. The molecule has 1 aromatic carbocycles. The SMILES string of the molecule is CC(=O)Nc1ccc(C)c(NCc2scnc2C)c1. The van der Waals surface area contributed by atoms with Crippen molar-refractivity contribution in [1.82, 2.24) is 4.98 Å². The van der Waals surface area contributed by atoms with Gasteiger partial charge in [0.15, 0.2) is 0 Å². The van der Waals surface area contributed by atoms with Crippen molar-refractivity contribution in [3.63, 3.8) is 0 Å². The summed E-state index contributed by atoms with van der Waals surface area (Å²) in [6, 6.07) is 5.85. The molecule has 0 fully saturated rings. The number of aryl methyl sites for hydroxylation is 2. The summed E-state index contributed by atoms with van der Waals surface area (Å²) in [6.45, 7) is 6.31. The molecule has 2 aromatic rings. The van der Waals surface area contributed by atoms with Crippen LogP contribution in [0.4, 0.5) is 11.4 Å². The molecular weight excluding hydrogens is 258 g/mol. The molecular formula is C14H17N3OS. The number of hydrogen-bond acceptors (Lipinski definition) is 4. The van der Waals surface area contributed by atoms with Crippen LogP contribution in [0.2, 0.25) is 0 Å². The fourth-order valence-corrected chi connectivity index (χ4v) is 2.48. The lowest BCUT2D eigenvalue weighted by Gasteiger charge is -2.11. The lowest BCUT2D eigenvalue weighted by atomic mass is 10.1. The number of amides is 1. The molecule has 0 spiro atoms. The van der Waals surface area contributed by atoms with Crippen LogP contribution in [0, 0.1) is 13.8 Å². The summed E-state index contributed by atoms with van der Waals surface area (Å²) >= 11 is 1.65. The predicted molar refractivity (Wildman–Crippen MR) is 79.7 cm³/mol. The van der Waals surface area contributed by atoms with Gasteiger partial charge in [0.05, 0.1) is 17.7 Å². The van der Waals surface area contributed by atoms with Crippen molar-refractivity contribution in [3.05, 3.63) is 39.8 Å². The topological polar surface area (TPSA) is 54.0 Å². The number of hydrogen-bond donors (Lipinski definition) is 2. The molecule has 0 radical (unpaired) electrons. The number of benzene rings is 1. The lowest BCUT2D eigenvalue weighted by Crippen LogP contribution is -2.07. The Morgan fingerprint density at radius 2 is 2.16 bits per heavy atom. The molecule has 0 aliphatic heterocycles. The van der Waals surface area contributed by atoms with Crippen molar-refractivity contribution in [2.24, 2.45) is 0 Å². The molecule has 0 aliphatic carbocycles. The summed E-state index contributed by atoms with van der Waals surface area (Å²) in [5.41, 5.74) is 5.90. The van der Waals surface area contributed by atoms with Crippen molar-refractivity contribution >= 4 is 28.6 Å². The van der Waals surface area contributed by atoms with Gasteiger partial charge in [-0.3, -0.25) is 4.79 Å². The van der Waals surface area contributed by atoms with Gasteiger partial charge in [-0.2, -0.15) is 0 Å². The highest BCUT2D eigenvalue weighted by Gasteiger charge is 2.04. The zero-order valence-electron chi connectivity index (χ0n) is 11.3. The molecule has 5 heteroatoms. The van der Waals surface area contributed by atoms with E-state index >= 15 is 0 Å². The maximum absolute atomic E-state index is 11.1. The van der Waals surface area contributed by atoms with E-state index in [1.54, 1.807) is 11.3 Å². The zero-order chi connectivity index (χ0) is 13.8. The number of nitrogens with one attached hydrogen (secondary N) is 2. The normalized spacial score (nSPS) is 10.3. The number of rotatable bonds is 4. The molecule has 1 amide bonds. The Morgan fingerprint density at radius 3 is 2.79 bits per heavy atom. The highest BCUT2D eigenvalue weighted by Crippen LogP contribution is 2.22. The third kappa shape index (κ3) is 3.54. The van der Waals surface area contributed by atoms with E-state index in [1.165, 1.54) is 11.8 Å². The van der Waals surface area contributed by atoms with Gasteiger partial charge in [0.1, 0.15) is 0 Å². The maximum Gasteiger partial charge on any atom is 0.221 e. The van der Waals surface area contributed by atoms with Crippen LogP contribution < -0.4 is 10.6 Å². The predicted octanol–water partition coefficient (Wildman–Crippen LogP) is 3.33. The standard InChI is InChI=1S/C14H17N3OS/c1-9-4-5-12(17-11(3)18)6-13(9)15-7-14-10(2)16-8-19-14/h4-6,8,15H,7H2,1-3H3,(H,17,18). The number of thiazole rings is 1. The maximum atomic E-state index is 11.1. The van der Waals surface area contributed by atoms with Crippen LogP contribution >= 0.6 is 11.3 Å². The van der Waals surface area contributed by atoms with Gasteiger partial charge >= 0.3 is 0 Å². The summed E-state index contributed by atoms with van der Waals surface area (Å²) in [6.07, 6.45) is 0. The average molecular weight is 275 g/mol. The van der Waals surface area contributed by atoms with Gasteiger partial charge in [-0.25, -0.2) is 4.98 Å². The Morgan fingerprint density at radius 1 is 1.37 bits per heavy atom. The number of carbonyl (C=O) groups is 1. The van der Waals surface area contributed by atoms with Gasteiger partial charge in [-0.15, -0.1) is 11.3 Å². The van der Waals surface area contributed by atoms with E-state index < -0.39 is 0 Å². The first-order chi connectivity index (χ1) is 9.06. The van der Waals surface area contributed by atoms with Crippen LogP contribution in [0.25, 0.3) is 0 Å². The van der Waals surface area contributed by atoms with E-state index in [-0.39, 0.29) is 5.91 Å². The summed E-state index contributed by atoms with van der Waals surface area (Å²) < 4.78 is 0. The third-order valence-corrected chi connectivity index (χ3v) is 3.78. The van der Waals surface area contributed by atoms with E-state index in [4.69, 9.17) is 0 Å². The van der Waals surface area contributed by atoms with Crippen LogP contribution in [0.1, 0.15) is 23.1 Å². The fraction of sp³-hybridized carbons (Fsp3) is 0.286. The zero-order valence-corrected chi connectivity index (χ0v) is 12.1. The van der Waals surface area contributed by atoms with Crippen LogP contribution in [0.3, 0.4) is 0 Å². The van der Waals surface area contributed by atoms with Crippen LogP contribution in [0.5, 0.6) is 0 Å². The van der Waals surface area contributed by atoms with Gasteiger partial charge in [-0.1, -0.05) is 6.07 Å². The third-order valence-electron chi connectivity index (χ3n) is 2.84. The molecule has 100 valence electrons. The molecule has 0 atom stereocenters. The Hall–Kier alpha value is -1.88. The van der Waals surface area contributed by atoms with E-state index in [2.05, 4.69) is 15.6 Å². The van der Waals surface area contributed by atoms with Gasteiger partial charge < -0.3 is 10.6 Å². The highest BCUT2D eigenvalue weighted by molar-refractivity contribution is 7.09. The molecule has 0 bridgehead atoms. The fourth-order valence-electron chi connectivity index (χ4n) is 1.76. The largest absolute Gasteiger partial charge is 0.380 e. The minimum absolute atomic E-state index is 0.0619. The smallest absolute Gasteiger partial charge is 0.221 e. The minimum atomic E-state index is -0.0619. The minimum Gasteiger partial charge on any atom is -0.380 e. The molecule has 4 nitrogen and oxygen atoms in total. The van der Waals surface area contributed by atoms with Gasteiger partial charge in [0.25, 0.3) is 0 Å². The first-order valence-corrected chi connectivity index (χ1v) is 6.95. The van der Waals surface area contributed by atoms with Gasteiger partial charge in [0, 0.05) is 23.2 Å². The molecule has 19 heavy (non-hydrogen) atoms. The summed E-state index contributed by atoms with van der Waals surface area (Å²) in [5.74, 6) is -0.0619. The van der Waals surface area contributed by atoms with Crippen molar-refractivity contribution in [2.45, 2.75) is 27.3 Å². The number of carbonyl (C=O) groups excluding carboxylic acids is 1. The molecule has 2 N–H and O–H groups in total. The molecule has 0 saturated heterocycles. The highest BCUT2D eigenvalue weighted by atomic mass is 32.1. The van der Waals surface area contributed by atoms with Crippen LogP contribution in [-0.4, -0.2) is 10.9 Å². The molecule has 0 saturated carbocycles.